The Bertz CT molecular complexity index is 554. The molecule has 2 unspecified atom stereocenters. The van der Waals surface area contributed by atoms with Gasteiger partial charge in [0.15, 0.2) is 5.78 Å². The number of allylic oxidation sites excluding steroid dienone is 1. The molecular weight excluding hydrogens is 292 g/mol. The molecule has 3 aliphatic rings. The van der Waals surface area contributed by atoms with Crippen molar-refractivity contribution in [1.29, 1.82) is 0 Å². The molecule has 0 bridgehead atoms. The Labute approximate surface area is 138 Å². The molecule has 2 aliphatic carbocycles. The van der Waals surface area contributed by atoms with Gasteiger partial charge in [-0.15, -0.1) is 0 Å². The van der Waals surface area contributed by atoms with Gasteiger partial charge in [-0.25, -0.2) is 0 Å². The van der Waals surface area contributed by atoms with Crippen molar-refractivity contribution in [1.82, 2.24) is 0 Å². The lowest BCUT2D eigenvalue weighted by molar-refractivity contribution is -0.156. The third kappa shape index (κ3) is 2.07. The van der Waals surface area contributed by atoms with Gasteiger partial charge in [0.2, 0.25) is 0 Å². The average Bonchev–Trinajstić information content (AvgIpc) is 2.78. The largest absolute Gasteiger partial charge is 0.461 e. The second-order valence-corrected chi connectivity index (χ2v) is 8.07. The van der Waals surface area contributed by atoms with Crippen LogP contribution in [0.3, 0.4) is 0 Å². The van der Waals surface area contributed by atoms with E-state index in [1.165, 1.54) is 0 Å². The van der Waals surface area contributed by atoms with Crippen LogP contribution in [0.1, 0.15) is 40.5 Å². The SMILES string of the molecule is COCCC[C@H]1[C@@H](C)[C@@H](C)C2OC(=O)[C@]3(C)C=CC(=O)[C@@]1(C)C23. The molecule has 0 radical (unpaired) electrons. The molecular formula is C19H28O4. The molecule has 2 fully saturated rings. The maximum atomic E-state index is 12.9. The molecule has 23 heavy (non-hydrogen) atoms. The highest BCUT2D eigenvalue weighted by atomic mass is 16.6. The van der Waals surface area contributed by atoms with Crippen molar-refractivity contribution >= 4 is 11.8 Å². The maximum absolute atomic E-state index is 12.9. The van der Waals surface area contributed by atoms with Crippen LogP contribution in [0.4, 0.5) is 0 Å². The summed E-state index contributed by atoms with van der Waals surface area (Å²) in [4.78, 5) is 25.5. The molecule has 0 N–H and O–H groups in total. The summed E-state index contributed by atoms with van der Waals surface area (Å²) in [5.41, 5.74) is -1.19. The number of methoxy groups -OCH3 is 1. The van der Waals surface area contributed by atoms with Crippen LogP contribution in [0, 0.1) is 34.5 Å². The van der Waals surface area contributed by atoms with Gasteiger partial charge in [0.05, 0.1) is 5.41 Å². The highest BCUT2D eigenvalue weighted by Crippen LogP contribution is 2.64. The lowest BCUT2D eigenvalue weighted by Crippen LogP contribution is -2.60. The molecule has 1 saturated heterocycles. The summed E-state index contributed by atoms with van der Waals surface area (Å²) in [7, 11) is 1.71. The van der Waals surface area contributed by atoms with Crippen LogP contribution in [0.15, 0.2) is 12.2 Å². The first-order valence-corrected chi connectivity index (χ1v) is 8.72. The van der Waals surface area contributed by atoms with Crippen molar-refractivity contribution in [3.05, 3.63) is 12.2 Å². The van der Waals surface area contributed by atoms with Crippen LogP contribution in [0.5, 0.6) is 0 Å². The van der Waals surface area contributed by atoms with Crippen LogP contribution in [0.25, 0.3) is 0 Å². The molecule has 128 valence electrons. The zero-order valence-corrected chi connectivity index (χ0v) is 14.8. The van der Waals surface area contributed by atoms with Crippen LogP contribution in [0.2, 0.25) is 0 Å². The molecule has 4 nitrogen and oxygen atoms in total. The summed E-state index contributed by atoms with van der Waals surface area (Å²) in [6.45, 7) is 9.09. The summed E-state index contributed by atoms with van der Waals surface area (Å²) in [5.74, 6) is 0.789. The Hall–Kier alpha value is -1.16. The molecule has 0 aromatic rings. The standard InChI is InChI=1S/C19H28O4/c1-11-12(2)15-16-18(3,17(21)23-15)9-8-14(20)19(16,4)13(11)7-6-10-22-5/h8-9,11-13,15-16H,6-7,10H2,1-5H3/t11-,12+,13-,15?,16?,18+,19-/m0/s1. The predicted octanol–water partition coefficient (Wildman–Crippen LogP) is 3.01. The third-order valence-electron chi connectivity index (χ3n) is 7.03. The highest BCUT2D eigenvalue weighted by molar-refractivity contribution is 6.00. The number of esters is 1. The van der Waals surface area contributed by atoms with Crippen molar-refractivity contribution in [3.63, 3.8) is 0 Å². The van der Waals surface area contributed by atoms with Gasteiger partial charge in [-0.1, -0.05) is 26.8 Å². The second-order valence-electron chi connectivity index (χ2n) is 8.07. The van der Waals surface area contributed by atoms with Gasteiger partial charge >= 0.3 is 5.97 Å². The number of rotatable bonds is 4. The van der Waals surface area contributed by atoms with Gasteiger partial charge in [-0.2, -0.15) is 0 Å². The number of carbonyl (C=O) groups is 2. The lowest BCUT2D eigenvalue weighted by atomic mass is 9.45. The first kappa shape index (κ1) is 16.7. The fourth-order valence-corrected chi connectivity index (χ4v) is 5.55. The molecule has 4 heteroatoms. The molecule has 1 saturated carbocycles. The Balaban J connectivity index is 2.05. The minimum absolute atomic E-state index is 0.0567. The van der Waals surface area contributed by atoms with Gasteiger partial charge in [-0.05, 0) is 43.6 Å². The number of carbonyl (C=O) groups excluding carboxylic acids is 2. The maximum Gasteiger partial charge on any atom is 0.316 e. The van der Waals surface area contributed by atoms with E-state index >= 15 is 0 Å². The highest BCUT2D eigenvalue weighted by Gasteiger charge is 2.69. The third-order valence-corrected chi connectivity index (χ3v) is 7.03. The van der Waals surface area contributed by atoms with Gasteiger partial charge < -0.3 is 9.47 Å². The van der Waals surface area contributed by atoms with Gasteiger partial charge in [-0.3, -0.25) is 9.59 Å². The smallest absolute Gasteiger partial charge is 0.316 e. The van der Waals surface area contributed by atoms with E-state index in [1.807, 2.05) is 6.92 Å². The first-order valence-electron chi connectivity index (χ1n) is 8.72. The number of hydrogen-bond donors (Lipinski definition) is 0. The topological polar surface area (TPSA) is 52.6 Å². The van der Waals surface area contributed by atoms with Crippen LogP contribution in [-0.4, -0.2) is 31.6 Å². The fraction of sp³-hybridized carbons (Fsp3) is 0.789. The molecule has 7 atom stereocenters. The Kier molecular flexibility index (Phi) is 3.95. The molecule has 0 amide bonds. The average molecular weight is 320 g/mol. The van der Waals surface area contributed by atoms with Crippen molar-refractivity contribution < 1.29 is 19.1 Å². The molecule has 1 aliphatic heterocycles. The van der Waals surface area contributed by atoms with E-state index in [0.717, 1.165) is 12.8 Å². The number of hydrogen-bond acceptors (Lipinski definition) is 4. The predicted molar refractivity (Wildman–Crippen MR) is 86.7 cm³/mol. The summed E-state index contributed by atoms with van der Waals surface area (Å²) < 4.78 is 11.0. The Morgan fingerprint density at radius 2 is 1.91 bits per heavy atom. The van der Waals surface area contributed by atoms with Gasteiger partial charge in [0, 0.05) is 25.0 Å². The van der Waals surface area contributed by atoms with Crippen molar-refractivity contribution in [2.45, 2.75) is 46.6 Å². The van der Waals surface area contributed by atoms with Crippen LogP contribution in [-0.2, 0) is 19.1 Å². The quantitative estimate of drug-likeness (QED) is 0.590. The van der Waals surface area contributed by atoms with Crippen molar-refractivity contribution in [2.24, 2.45) is 34.5 Å². The van der Waals surface area contributed by atoms with E-state index in [0.29, 0.717) is 12.5 Å². The number of ketones is 1. The Morgan fingerprint density at radius 3 is 2.57 bits per heavy atom. The summed E-state index contributed by atoms with van der Waals surface area (Å²) in [5, 5.41) is 0. The van der Waals surface area contributed by atoms with Crippen molar-refractivity contribution in [2.75, 3.05) is 13.7 Å². The monoisotopic (exact) mass is 320 g/mol. The summed E-state index contributed by atoms with van der Waals surface area (Å²) in [6, 6.07) is 0. The fourth-order valence-electron chi connectivity index (χ4n) is 5.55. The number of ether oxygens (including phenoxy) is 2. The second kappa shape index (κ2) is 5.44. The van der Waals surface area contributed by atoms with E-state index in [2.05, 4.69) is 20.8 Å². The Morgan fingerprint density at radius 1 is 1.22 bits per heavy atom. The van der Waals surface area contributed by atoms with Crippen LogP contribution < -0.4 is 0 Å². The van der Waals surface area contributed by atoms with Crippen LogP contribution >= 0.6 is 0 Å². The molecule has 3 rings (SSSR count). The molecule has 1 heterocycles. The molecule has 0 spiro atoms. The van der Waals surface area contributed by atoms with E-state index in [1.54, 1.807) is 19.3 Å². The zero-order valence-electron chi connectivity index (χ0n) is 14.8. The first-order chi connectivity index (χ1) is 10.8. The van der Waals surface area contributed by atoms with E-state index in [4.69, 9.17) is 9.47 Å². The van der Waals surface area contributed by atoms with Gasteiger partial charge in [0.1, 0.15) is 6.10 Å². The summed E-state index contributed by atoms with van der Waals surface area (Å²) >= 11 is 0. The zero-order chi connectivity index (χ0) is 17.0. The van der Waals surface area contributed by atoms with Crippen molar-refractivity contribution in [3.8, 4) is 0 Å². The van der Waals surface area contributed by atoms with E-state index < -0.39 is 10.8 Å². The minimum atomic E-state index is -0.665. The van der Waals surface area contributed by atoms with Gasteiger partial charge in [0.25, 0.3) is 0 Å². The summed E-state index contributed by atoms with van der Waals surface area (Å²) in [6.07, 6.45) is 5.15. The molecule has 0 aromatic heterocycles. The van der Waals surface area contributed by atoms with E-state index in [-0.39, 0.29) is 35.6 Å². The normalized spacial score (nSPS) is 48.3. The molecule has 0 aromatic carbocycles. The lowest BCUT2D eigenvalue weighted by Gasteiger charge is -2.56. The van der Waals surface area contributed by atoms with E-state index in [9.17, 15) is 9.59 Å². The minimum Gasteiger partial charge on any atom is -0.461 e.